The highest BCUT2D eigenvalue weighted by molar-refractivity contribution is 5.73. The number of carbonyl (C=O) groups is 1. The van der Waals surface area contributed by atoms with E-state index >= 15 is 0 Å². The van der Waals surface area contributed by atoms with Crippen molar-refractivity contribution >= 4 is 6.29 Å². The second-order valence-corrected chi connectivity index (χ2v) is 7.68. The normalized spacial score (nSPS) is 41.4. The van der Waals surface area contributed by atoms with Crippen LogP contribution in [0.5, 0.6) is 0 Å². The fourth-order valence-corrected chi connectivity index (χ4v) is 5.69. The summed E-state index contributed by atoms with van der Waals surface area (Å²) in [5.74, 6) is 2.06. The molecule has 0 bridgehead atoms. The number of hydrogen-bond donors (Lipinski definition) is 0. The van der Waals surface area contributed by atoms with Gasteiger partial charge in [-0.1, -0.05) is 6.42 Å². The first-order valence-electron chi connectivity index (χ1n) is 8.98. The summed E-state index contributed by atoms with van der Waals surface area (Å²) in [6.07, 6.45) is 11.3. The third-order valence-electron chi connectivity index (χ3n) is 6.40. The average Bonchev–Trinajstić information content (AvgIpc) is 2.55. The summed E-state index contributed by atoms with van der Waals surface area (Å²) in [5, 5.41) is 0. The van der Waals surface area contributed by atoms with E-state index in [1.165, 1.54) is 45.2 Å². The fourth-order valence-electron chi connectivity index (χ4n) is 5.69. The van der Waals surface area contributed by atoms with Gasteiger partial charge in [-0.3, -0.25) is 9.69 Å². The van der Waals surface area contributed by atoms with Crippen LogP contribution >= 0.6 is 0 Å². The molecule has 5 atom stereocenters. The molecular weight excluding hydrogens is 276 g/mol. The van der Waals surface area contributed by atoms with Gasteiger partial charge in [-0.15, -0.1) is 0 Å². The van der Waals surface area contributed by atoms with E-state index in [0.29, 0.717) is 24.0 Å². The molecule has 3 fully saturated rings. The number of methoxy groups -OCH3 is 1. The molecule has 4 nitrogen and oxygen atoms in total. The molecule has 0 aromatic rings. The molecule has 0 unspecified atom stereocenters. The maximum atomic E-state index is 11.4. The Balaban J connectivity index is 1.69. The Bertz CT molecular complexity index is 462. The lowest BCUT2D eigenvalue weighted by atomic mass is 9.69. The van der Waals surface area contributed by atoms with Gasteiger partial charge in [0.05, 0.1) is 12.8 Å². The predicted molar refractivity (Wildman–Crippen MR) is 85.2 cm³/mol. The summed E-state index contributed by atoms with van der Waals surface area (Å²) in [6, 6.07) is 0.663. The Labute approximate surface area is 133 Å². The van der Waals surface area contributed by atoms with Gasteiger partial charge in [0.25, 0.3) is 0 Å². The average molecular weight is 304 g/mol. The van der Waals surface area contributed by atoms with Crippen LogP contribution in [0.1, 0.15) is 38.5 Å². The number of allylic oxidation sites excluding steroid dienone is 1. The van der Waals surface area contributed by atoms with E-state index in [1.54, 1.807) is 0 Å². The van der Waals surface area contributed by atoms with E-state index in [4.69, 9.17) is 4.74 Å². The number of fused-ring (bicyclic) bond motifs is 2. The zero-order valence-corrected chi connectivity index (χ0v) is 13.6. The predicted octanol–water partition coefficient (Wildman–Crippen LogP) is 2.26. The van der Waals surface area contributed by atoms with Gasteiger partial charge in [0, 0.05) is 43.9 Å². The molecule has 1 saturated carbocycles. The zero-order valence-electron chi connectivity index (χ0n) is 13.6. The number of piperidine rings is 1. The molecule has 0 spiro atoms. The van der Waals surface area contributed by atoms with Crippen molar-refractivity contribution in [3.05, 3.63) is 11.8 Å². The molecule has 4 aliphatic rings. The smallest absolute Gasteiger partial charge is 0.147 e. The van der Waals surface area contributed by atoms with Crippen molar-refractivity contribution in [2.24, 2.45) is 17.8 Å². The van der Waals surface area contributed by atoms with E-state index < -0.39 is 0 Å². The summed E-state index contributed by atoms with van der Waals surface area (Å²) in [6.45, 7) is 3.30. The van der Waals surface area contributed by atoms with Crippen LogP contribution in [-0.2, 0) is 9.53 Å². The van der Waals surface area contributed by atoms with Crippen molar-refractivity contribution < 1.29 is 9.53 Å². The van der Waals surface area contributed by atoms with Gasteiger partial charge < -0.3 is 9.64 Å². The lowest BCUT2D eigenvalue weighted by molar-refractivity contribution is -0.128. The lowest BCUT2D eigenvalue weighted by Crippen LogP contribution is -2.67. The van der Waals surface area contributed by atoms with Gasteiger partial charge in [-0.05, 0) is 43.9 Å². The molecule has 4 rings (SSSR count). The van der Waals surface area contributed by atoms with Crippen LogP contribution in [0.25, 0.3) is 0 Å². The number of ether oxygens (including phenoxy) is 1. The summed E-state index contributed by atoms with van der Waals surface area (Å²) in [7, 11) is 1.82. The second-order valence-electron chi connectivity index (χ2n) is 7.68. The molecule has 4 heteroatoms. The molecule has 122 valence electrons. The summed E-state index contributed by atoms with van der Waals surface area (Å²) < 4.78 is 5.51. The summed E-state index contributed by atoms with van der Waals surface area (Å²) in [5.41, 5.74) is 1.01. The number of rotatable bonds is 3. The van der Waals surface area contributed by atoms with Crippen LogP contribution in [0.4, 0.5) is 0 Å². The SMILES string of the molecule is COC[C@@H]1CCCN2C[C@@H]3CCC[C@H]4CC(C=O)=CN([C@H]43)[C@@H]12. The van der Waals surface area contributed by atoms with Gasteiger partial charge >= 0.3 is 0 Å². The maximum absolute atomic E-state index is 11.4. The third-order valence-corrected chi connectivity index (χ3v) is 6.40. The minimum atomic E-state index is 0.450. The molecule has 0 radical (unpaired) electrons. The van der Waals surface area contributed by atoms with Crippen molar-refractivity contribution in [2.45, 2.75) is 50.7 Å². The highest BCUT2D eigenvalue weighted by Gasteiger charge is 2.50. The highest BCUT2D eigenvalue weighted by Crippen LogP contribution is 2.46. The largest absolute Gasteiger partial charge is 0.384 e. The molecule has 2 saturated heterocycles. The first-order valence-corrected chi connectivity index (χ1v) is 8.98. The Morgan fingerprint density at radius 3 is 2.95 bits per heavy atom. The van der Waals surface area contributed by atoms with Crippen LogP contribution < -0.4 is 0 Å². The Hall–Kier alpha value is -0.870. The Kier molecular flexibility index (Phi) is 3.99. The van der Waals surface area contributed by atoms with E-state index in [-0.39, 0.29) is 0 Å². The minimum Gasteiger partial charge on any atom is -0.384 e. The molecule has 22 heavy (non-hydrogen) atoms. The van der Waals surface area contributed by atoms with Crippen molar-refractivity contribution in [3.63, 3.8) is 0 Å². The minimum absolute atomic E-state index is 0.450. The van der Waals surface area contributed by atoms with E-state index in [2.05, 4.69) is 16.0 Å². The number of carbonyl (C=O) groups excluding carboxylic acids is 1. The fraction of sp³-hybridized carbons (Fsp3) is 0.833. The molecule has 1 aliphatic carbocycles. The molecule has 0 aromatic heterocycles. The van der Waals surface area contributed by atoms with Gasteiger partial charge in [0.1, 0.15) is 6.29 Å². The molecule has 0 N–H and O–H groups in total. The highest BCUT2D eigenvalue weighted by atomic mass is 16.5. The summed E-state index contributed by atoms with van der Waals surface area (Å²) >= 11 is 0. The van der Waals surface area contributed by atoms with Crippen molar-refractivity contribution in [1.29, 1.82) is 0 Å². The van der Waals surface area contributed by atoms with E-state index in [0.717, 1.165) is 30.8 Å². The zero-order chi connectivity index (χ0) is 15.1. The topological polar surface area (TPSA) is 32.8 Å². The second kappa shape index (κ2) is 5.97. The van der Waals surface area contributed by atoms with Crippen LogP contribution in [0.2, 0.25) is 0 Å². The van der Waals surface area contributed by atoms with Gasteiger partial charge in [0.15, 0.2) is 0 Å². The van der Waals surface area contributed by atoms with Crippen molar-refractivity contribution in [3.8, 4) is 0 Å². The first-order chi connectivity index (χ1) is 10.8. The van der Waals surface area contributed by atoms with Gasteiger partial charge in [-0.25, -0.2) is 0 Å². The van der Waals surface area contributed by atoms with E-state index in [1.807, 2.05) is 7.11 Å². The van der Waals surface area contributed by atoms with Gasteiger partial charge in [-0.2, -0.15) is 0 Å². The van der Waals surface area contributed by atoms with Crippen LogP contribution in [0.3, 0.4) is 0 Å². The van der Waals surface area contributed by atoms with Crippen LogP contribution in [-0.4, -0.2) is 55.1 Å². The number of nitrogens with zero attached hydrogens (tertiary/aromatic N) is 2. The number of aldehydes is 1. The molecule has 3 heterocycles. The number of hydrogen-bond acceptors (Lipinski definition) is 4. The Morgan fingerprint density at radius 2 is 2.14 bits per heavy atom. The van der Waals surface area contributed by atoms with Crippen molar-refractivity contribution in [1.82, 2.24) is 9.80 Å². The molecular formula is C18H28N2O2. The first kappa shape index (κ1) is 14.7. The lowest BCUT2D eigenvalue weighted by Gasteiger charge is -2.60. The van der Waals surface area contributed by atoms with Crippen LogP contribution in [0, 0.1) is 17.8 Å². The van der Waals surface area contributed by atoms with Crippen molar-refractivity contribution in [2.75, 3.05) is 26.8 Å². The standard InChI is InChI=1S/C18H28N2O2/c1-22-12-16-6-3-7-19-10-15-5-2-4-14-8-13(11-21)9-20(17(14)15)18(16)19/h9,11,14-18H,2-8,10,12H2,1H3/t14-,15-,16-,17+,18-/m0/s1. The van der Waals surface area contributed by atoms with Crippen LogP contribution in [0.15, 0.2) is 11.8 Å². The monoisotopic (exact) mass is 304 g/mol. The maximum Gasteiger partial charge on any atom is 0.147 e. The quantitative estimate of drug-likeness (QED) is 0.749. The molecule has 0 aromatic carbocycles. The third kappa shape index (κ3) is 2.31. The Morgan fingerprint density at radius 1 is 1.27 bits per heavy atom. The molecule has 3 aliphatic heterocycles. The summed E-state index contributed by atoms with van der Waals surface area (Å²) in [4.78, 5) is 16.7. The van der Waals surface area contributed by atoms with Gasteiger partial charge in [0.2, 0.25) is 0 Å². The van der Waals surface area contributed by atoms with E-state index in [9.17, 15) is 4.79 Å². The molecule has 0 amide bonds.